The smallest absolute Gasteiger partial charge is 0.350 e. The van der Waals surface area contributed by atoms with Gasteiger partial charge in [-0.05, 0) is 17.7 Å². The molecule has 16 heavy (non-hydrogen) atoms. The zero-order valence-electron chi connectivity index (χ0n) is 7.58. The van der Waals surface area contributed by atoms with E-state index in [2.05, 4.69) is 0 Å². The molecule has 0 aromatic carbocycles. The minimum atomic E-state index is -2.43. The highest BCUT2D eigenvalue weighted by molar-refractivity contribution is 6.34. The molecule has 0 aromatic rings. The van der Waals surface area contributed by atoms with Crippen molar-refractivity contribution in [2.75, 3.05) is 0 Å². The summed E-state index contributed by atoms with van der Waals surface area (Å²) in [6, 6.07) is 0. The fraction of sp³-hybridized carbons (Fsp3) is 0.286. The molecule has 1 unspecified atom stereocenters. The number of hydrogen-bond donors (Lipinski definition) is 1. The number of nitrogens with two attached hydrogens (primary N) is 1. The maximum Gasteiger partial charge on any atom is 0.350 e. The van der Waals surface area contributed by atoms with Gasteiger partial charge in [0.15, 0.2) is 5.83 Å². The van der Waals surface area contributed by atoms with E-state index in [-0.39, 0.29) is 23.0 Å². The highest BCUT2D eigenvalue weighted by Crippen LogP contribution is 2.40. The Labute approximate surface area is 106 Å². The van der Waals surface area contributed by atoms with Crippen LogP contribution in [0.4, 0.5) is 4.39 Å². The van der Waals surface area contributed by atoms with Crippen LogP contribution >= 0.6 is 35.6 Å². The molecule has 0 saturated carbocycles. The molecular formula is C7H6Cl3FN2O3. The number of nitro groups is 1. The lowest BCUT2D eigenvalue weighted by atomic mass is 10.0. The van der Waals surface area contributed by atoms with Gasteiger partial charge in [0.25, 0.3) is 0 Å². The maximum absolute atomic E-state index is 13.3. The normalized spacial score (nSPS) is 24.6. The molecule has 9 heteroatoms. The first-order valence-electron chi connectivity index (χ1n) is 3.68. The Hall–Kier alpha value is -0.850. The number of halogens is 4. The second kappa shape index (κ2) is 4.99. The van der Waals surface area contributed by atoms with Crippen molar-refractivity contribution < 1.29 is 14.1 Å². The minimum absolute atomic E-state index is 0. The number of primary amides is 1. The van der Waals surface area contributed by atoms with Crippen molar-refractivity contribution in [2.24, 2.45) is 5.73 Å². The lowest BCUT2D eigenvalue weighted by Crippen LogP contribution is -2.36. The van der Waals surface area contributed by atoms with E-state index in [1.165, 1.54) is 0 Å². The minimum Gasteiger partial charge on any atom is -0.366 e. The number of carbonyl (C=O) groups is 1. The molecule has 1 amide bonds. The van der Waals surface area contributed by atoms with E-state index < -0.39 is 28.1 Å². The fourth-order valence-electron chi connectivity index (χ4n) is 1.06. The van der Waals surface area contributed by atoms with Crippen LogP contribution in [0.15, 0.2) is 22.5 Å². The monoisotopic (exact) mass is 290 g/mol. The van der Waals surface area contributed by atoms with Gasteiger partial charge in [-0.1, -0.05) is 11.6 Å². The van der Waals surface area contributed by atoms with Crippen LogP contribution in [-0.4, -0.2) is 15.8 Å². The standard InChI is InChI=1S/C7H5Cl2FN2O3.ClH/c8-4-2-7(9,12(14)15)5(10)1-3(4)6(11)13;/h1H,2H2,(H2,11,13);1H. The Morgan fingerprint density at radius 2 is 2.19 bits per heavy atom. The van der Waals surface area contributed by atoms with Gasteiger partial charge in [0.1, 0.15) is 0 Å². The van der Waals surface area contributed by atoms with Crippen molar-refractivity contribution in [3.05, 3.63) is 32.6 Å². The van der Waals surface area contributed by atoms with Crippen LogP contribution < -0.4 is 5.73 Å². The first-order chi connectivity index (χ1) is 6.79. The van der Waals surface area contributed by atoms with E-state index in [0.717, 1.165) is 0 Å². The molecule has 0 aliphatic heterocycles. The predicted octanol–water partition coefficient (Wildman–Crippen LogP) is 1.86. The van der Waals surface area contributed by atoms with E-state index >= 15 is 0 Å². The Morgan fingerprint density at radius 3 is 2.56 bits per heavy atom. The van der Waals surface area contributed by atoms with Crippen molar-refractivity contribution in [2.45, 2.75) is 11.4 Å². The third kappa shape index (κ3) is 2.45. The SMILES string of the molecule is Cl.NC(=O)C1=C(Cl)CC(Cl)([N+](=O)[O-])C(F)=C1. The highest BCUT2D eigenvalue weighted by atomic mass is 35.5. The zero-order chi connectivity index (χ0) is 11.8. The lowest BCUT2D eigenvalue weighted by molar-refractivity contribution is -0.533. The van der Waals surface area contributed by atoms with Crippen LogP contribution in [0.3, 0.4) is 0 Å². The Balaban J connectivity index is 0.00000225. The van der Waals surface area contributed by atoms with E-state index in [1.807, 2.05) is 0 Å². The molecule has 0 fully saturated rings. The predicted molar refractivity (Wildman–Crippen MR) is 58.7 cm³/mol. The molecule has 1 aliphatic rings. The summed E-state index contributed by atoms with van der Waals surface area (Å²) in [5.74, 6) is -2.22. The van der Waals surface area contributed by atoms with Gasteiger partial charge in [-0.3, -0.25) is 14.9 Å². The van der Waals surface area contributed by atoms with Crippen LogP contribution in [0.25, 0.3) is 0 Å². The topological polar surface area (TPSA) is 86.2 Å². The third-order valence-electron chi connectivity index (χ3n) is 1.87. The van der Waals surface area contributed by atoms with Crippen molar-refractivity contribution in [3.63, 3.8) is 0 Å². The van der Waals surface area contributed by atoms with Crippen molar-refractivity contribution >= 4 is 41.5 Å². The van der Waals surface area contributed by atoms with Crippen LogP contribution in [0.2, 0.25) is 0 Å². The summed E-state index contributed by atoms with van der Waals surface area (Å²) in [7, 11) is 0. The number of amides is 1. The van der Waals surface area contributed by atoms with Gasteiger partial charge >= 0.3 is 5.00 Å². The van der Waals surface area contributed by atoms with Crippen LogP contribution in [-0.2, 0) is 4.79 Å². The Bertz CT molecular complexity index is 410. The first kappa shape index (κ1) is 15.2. The van der Waals surface area contributed by atoms with Crippen LogP contribution in [0.5, 0.6) is 0 Å². The fourth-order valence-corrected chi connectivity index (χ4v) is 1.66. The van der Waals surface area contributed by atoms with E-state index in [9.17, 15) is 19.3 Å². The third-order valence-corrected chi connectivity index (χ3v) is 2.66. The molecule has 1 rings (SSSR count). The highest BCUT2D eigenvalue weighted by Gasteiger charge is 2.49. The summed E-state index contributed by atoms with van der Waals surface area (Å²) in [6.45, 7) is 0. The quantitative estimate of drug-likeness (QED) is 0.364. The van der Waals surface area contributed by atoms with Gasteiger partial charge in [0.05, 0.1) is 16.9 Å². The van der Waals surface area contributed by atoms with E-state index in [0.29, 0.717) is 6.08 Å². The average Bonchev–Trinajstić information content (AvgIpc) is 2.10. The molecular weight excluding hydrogens is 285 g/mol. The molecule has 0 heterocycles. The number of carbonyl (C=O) groups excluding carboxylic acids is 1. The lowest BCUT2D eigenvalue weighted by Gasteiger charge is -2.20. The van der Waals surface area contributed by atoms with E-state index in [4.69, 9.17) is 28.9 Å². The first-order valence-corrected chi connectivity index (χ1v) is 4.44. The molecule has 0 saturated heterocycles. The number of nitrogens with zero attached hydrogens (tertiary/aromatic N) is 1. The van der Waals surface area contributed by atoms with Gasteiger partial charge in [-0.2, -0.15) is 0 Å². The van der Waals surface area contributed by atoms with Crippen molar-refractivity contribution in [1.29, 1.82) is 0 Å². The van der Waals surface area contributed by atoms with E-state index in [1.54, 1.807) is 0 Å². The van der Waals surface area contributed by atoms with Gasteiger partial charge in [-0.15, -0.1) is 12.4 Å². The summed E-state index contributed by atoms with van der Waals surface area (Å²) in [4.78, 5) is 17.8. The summed E-state index contributed by atoms with van der Waals surface area (Å²) in [5.41, 5.74) is 4.58. The average molecular weight is 291 g/mol. The zero-order valence-corrected chi connectivity index (χ0v) is 9.90. The number of alkyl halides is 1. The van der Waals surface area contributed by atoms with Gasteiger partial charge in [0, 0.05) is 5.03 Å². The summed E-state index contributed by atoms with van der Waals surface area (Å²) >= 11 is 11.0. The number of hydrogen-bond acceptors (Lipinski definition) is 3. The molecule has 0 radical (unpaired) electrons. The second-order valence-electron chi connectivity index (χ2n) is 2.87. The van der Waals surface area contributed by atoms with Gasteiger partial charge in [-0.25, -0.2) is 4.39 Å². The molecule has 5 nitrogen and oxygen atoms in total. The molecule has 0 spiro atoms. The summed E-state index contributed by atoms with van der Waals surface area (Å²) in [5, 5.41) is 10.3. The molecule has 1 aliphatic carbocycles. The summed E-state index contributed by atoms with van der Waals surface area (Å²) < 4.78 is 13.3. The summed E-state index contributed by atoms with van der Waals surface area (Å²) in [6.07, 6.45) is -0.0202. The molecule has 0 aromatic heterocycles. The molecule has 0 bridgehead atoms. The Morgan fingerprint density at radius 1 is 1.69 bits per heavy atom. The largest absolute Gasteiger partial charge is 0.366 e. The van der Waals surface area contributed by atoms with Gasteiger partial charge in [0.2, 0.25) is 5.91 Å². The van der Waals surface area contributed by atoms with Crippen LogP contribution in [0.1, 0.15) is 6.42 Å². The van der Waals surface area contributed by atoms with Gasteiger partial charge < -0.3 is 5.73 Å². The Kier molecular flexibility index (Phi) is 4.72. The van der Waals surface area contributed by atoms with Crippen LogP contribution in [0, 0.1) is 10.1 Å². The molecule has 2 N–H and O–H groups in total. The van der Waals surface area contributed by atoms with Crippen molar-refractivity contribution in [3.8, 4) is 0 Å². The number of rotatable bonds is 2. The molecule has 90 valence electrons. The second-order valence-corrected chi connectivity index (χ2v) is 3.95. The van der Waals surface area contributed by atoms with Crippen molar-refractivity contribution in [1.82, 2.24) is 0 Å². The maximum atomic E-state index is 13.3. The molecule has 1 atom stereocenters.